The molecule has 0 saturated heterocycles. The minimum atomic E-state index is -0.102. The van der Waals surface area contributed by atoms with Crippen LogP contribution in [0, 0.1) is 13.3 Å². The van der Waals surface area contributed by atoms with E-state index in [1.807, 2.05) is 0 Å². The molecule has 0 aromatic heterocycles. The Kier molecular flexibility index (Phi) is 10.7. The van der Waals surface area contributed by atoms with E-state index in [4.69, 9.17) is 9.47 Å². The Morgan fingerprint density at radius 3 is 1.06 bits per heavy atom. The molecule has 10 rings (SSSR count). The van der Waals surface area contributed by atoms with Crippen molar-refractivity contribution in [3.8, 4) is 11.5 Å². The van der Waals surface area contributed by atoms with E-state index in [0.717, 1.165) is 45.1 Å². The lowest BCUT2D eigenvalue weighted by atomic mass is 9.82. The lowest BCUT2D eigenvalue weighted by molar-refractivity contribution is 0.383. The Bertz CT molecular complexity index is 2850. The molecule has 8 aromatic rings. The molecule has 4 radical (unpaired) electrons. The average Bonchev–Trinajstić information content (AvgIpc) is 3.96. The Morgan fingerprint density at radius 1 is 0.415 bits per heavy atom. The summed E-state index contributed by atoms with van der Waals surface area (Å²) in [6, 6.07) is 48.3. The molecule has 6 heteroatoms. The number of methoxy groups -OCH3 is 2. The quantitative estimate of drug-likeness (QED) is 0.127. The van der Waals surface area contributed by atoms with Crippen LogP contribution < -0.4 is 19.3 Å². The predicted octanol–water partition coefficient (Wildman–Crippen LogP) is 14.1. The highest BCUT2D eigenvalue weighted by molar-refractivity contribution is 6.13. The van der Waals surface area contributed by atoms with Crippen LogP contribution in [0.25, 0.3) is 43.1 Å². The number of hydrogen-bond donors (Lipinski definition) is 0. The number of benzene rings is 8. The molecule has 0 aliphatic carbocycles. The van der Waals surface area contributed by atoms with Crippen LogP contribution >= 0.6 is 0 Å². The van der Waals surface area contributed by atoms with Gasteiger partial charge in [0.05, 0.1) is 25.6 Å². The third-order valence-electron chi connectivity index (χ3n) is 12.9. The smallest absolute Gasteiger partial charge is 0.213 e. The second-order valence-electron chi connectivity index (χ2n) is 19.5. The van der Waals surface area contributed by atoms with Gasteiger partial charge < -0.3 is 29.1 Å². The van der Waals surface area contributed by atoms with Gasteiger partial charge in [0, 0.05) is 77.0 Å². The van der Waals surface area contributed by atoms with Gasteiger partial charge in [0.25, 0.3) is 0 Å². The Balaban J connectivity index is 0.973. The fraction of sp³-hybridized carbons (Fsp3) is 0.220. The molecule has 324 valence electrons. The van der Waals surface area contributed by atoms with Crippen molar-refractivity contribution in [3.63, 3.8) is 0 Å². The van der Waals surface area contributed by atoms with Crippen molar-refractivity contribution in [3.05, 3.63) is 205 Å². The van der Waals surface area contributed by atoms with Crippen LogP contribution in [0.15, 0.2) is 158 Å². The van der Waals surface area contributed by atoms with E-state index < -0.39 is 0 Å². The van der Waals surface area contributed by atoms with Gasteiger partial charge in [-0.15, -0.1) is 0 Å². The van der Waals surface area contributed by atoms with Gasteiger partial charge in [0.15, 0.2) is 0 Å². The van der Waals surface area contributed by atoms with E-state index in [9.17, 15) is 0 Å². The van der Waals surface area contributed by atoms with Gasteiger partial charge >= 0.3 is 0 Å². The number of ether oxygens (including phenoxy) is 2. The van der Waals surface area contributed by atoms with Crippen LogP contribution in [0.1, 0.15) is 74.9 Å². The van der Waals surface area contributed by atoms with Crippen molar-refractivity contribution in [2.45, 2.75) is 71.9 Å². The molecule has 2 heterocycles. The van der Waals surface area contributed by atoms with Crippen molar-refractivity contribution in [1.82, 2.24) is 9.80 Å². The first kappa shape index (κ1) is 42.1. The summed E-state index contributed by atoms with van der Waals surface area (Å²) in [4.78, 5) is 8.57. The van der Waals surface area contributed by atoms with Gasteiger partial charge in [-0.05, 0) is 78.9 Å². The van der Waals surface area contributed by atoms with Gasteiger partial charge in [-0.3, -0.25) is 0 Å². The second-order valence-corrected chi connectivity index (χ2v) is 19.5. The summed E-state index contributed by atoms with van der Waals surface area (Å²) in [7, 11) is 3.59. The molecule has 2 aliphatic rings. The lowest BCUT2D eigenvalue weighted by Gasteiger charge is -2.28. The topological polar surface area (TPSA) is 31.4 Å². The van der Waals surface area contributed by atoms with E-state index in [2.05, 4.69) is 233 Å². The van der Waals surface area contributed by atoms with Crippen LogP contribution in [0.3, 0.4) is 0 Å². The first-order valence-corrected chi connectivity index (χ1v) is 22.6. The maximum absolute atomic E-state index is 6.41. The lowest BCUT2D eigenvalue weighted by Crippen LogP contribution is -2.21. The summed E-state index contributed by atoms with van der Waals surface area (Å²) < 4.78 is 12.8. The van der Waals surface area contributed by atoms with Crippen LogP contribution in [0.2, 0.25) is 0 Å². The number of rotatable bonds is 10. The molecule has 0 atom stereocenters. The summed E-state index contributed by atoms with van der Waals surface area (Å²) in [6.07, 6.45) is 9.11. The van der Waals surface area contributed by atoms with Crippen LogP contribution in [-0.4, -0.2) is 24.0 Å². The van der Waals surface area contributed by atoms with Gasteiger partial charge in [-0.1, -0.05) is 151 Å². The van der Waals surface area contributed by atoms with Crippen molar-refractivity contribution >= 4 is 54.5 Å². The average molecular weight is 853 g/mol. The van der Waals surface area contributed by atoms with E-state index in [-0.39, 0.29) is 10.8 Å². The molecular weight excluding hydrogens is 797 g/mol. The number of nitrogens with zero attached hydrogens (tertiary/aromatic N) is 4. The third-order valence-corrected chi connectivity index (χ3v) is 12.9. The zero-order chi connectivity index (χ0) is 45.0. The van der Waals surface area contributed by atoms with E-state index in [0.29, 0.717) is 19.5 Å². The van der Waals surface area contributed by atoms with Gasteiger partial charge in [-0.25, -0.2) is 0 Å². The predicted molar refractivity (Wildman–Crippen MR) is 270 cm³/mol. The Labute approximate surface area is 384 Å². The molecule has 0 N–H and O–H groups in total. The summed E-state index contributed by atoms with van der Waals surface area (Å²) in [5.74, 6) is 1.77. The molecule has 6 nitrogen and oxygen atoms in total. The molecular formula is C59H56N4O2. The van der Waals surface area contributed by atoms with Crippen molar-refractivity contribution in [2.75, 3.05) is 24.0 Å². The molecule has 8 aromatic carbocycles. The number of fused-ring (bicyclic) bond motifs is 4. The first-order valence-electron chi connectivity index (χ1n) is 22.6. The SMILES string of the molecule is COc1c(Cc2cc(C(C)(C)C)cc(CN3[C]N(c4c5ccccc5cc5ccccc45)C=C3)c2OC)cc(C(C)(C)C)cc1CN1[C]N(c2c3ccccc3cc3ccccc23)C=C1. The van der Waals surface area contributed by atoms with Gasteiger partial charge in [0.2, 0.25) is 13.3 Å². The van der Waals surface area contributed by atoms with Crippen LogP contribution in [0.5, 0.6) is 11.5 Å². The summed E-state index contributed by atoms with van der Waals surface area (Å²) in [5.41, 5.74) is 9.02. The van der Waals surface area contributed by atoms with Crippen LogP contribution in [0.4, 0.5) is 11.4 Å². The standard InChI is InChI=1S/C59H56N4O2/c1-58(2,3)48-32-44(56(64-7)46(34-48)36-60-25-27-62(38-60)54-50-21-13-9-17-40(50)29-41-18-10-14-22-51(41)54)31-45-33-49(59(4,5)6)35-47(57(45)65-8)37-61-26-28-63(39-61)55-52-23-15-11-19-42(52)30-43-20-12-16-24-53(43)55/h9-30,32-35H,31,36-37H2,1-8H3. The summed E-state index contributed by atoms with van der Waals surface area (Å²) in [6.45, 7) is 22.3. The highest BCUT2D eigenvalue weighted by atomic mass is 16.5. The van der Waals surface area contributed by atoms with E-state index in [1.54, 1.807) is 14.2 Å². The largest absolute Gasteiger partial charge is 0.496 e. The number of anilines is 2. The highest BCUT2D eigenvalue weighted by Crippen LogP contribution is 2.43. The maximum atomic E-state index is 6.41. The van der Waals surface area contributed by atoms with Crippen molar-refractivity contribution < 1.29 is 9.47 Å². The Hall–Kier alpha value is -6.92. The number of hydrogen-bond acceptors (Lipinski definition) is 6. The fourth-order valence-electron chi connectivity index (χ4n) is 9.60. The zero-order valence-electron chi connectivity index (χ0n) is 38.7. The maximum Gasteiger partial charge on any atom is 0.213 e. The summed E-state index contributed by atoms with van der Waals surface area (Å²) in [5, 5.41) is 9.60. The van der Waals surface area contributed by atoms with Crippen molar-refractivity contribution in [2.24, 2.45) is 0 Å². The van der Waals surface area contributed by atoms with E-state index >= 15 is 0 Å². The minimum absolute atomic E-state index is 0.102. The molecule has 2 aliphatic heterocycles. The molecule has 0 saturated carbocycles. The summed E-state index contributed by atoms with van der Waals surface area (Å²) >= 11 is 0. The van der Waals surface area contributed by atoms with Gasteiger partial charge in [-0.2, -0.15) is 0 Å². The molecule has 0 spiro atoms. The molecule has 0 unspecified atom stereocenters. The fourth-order valence-corrected chi connectivity index (χ4v) is 9.60. The molecule has 0 amide bonds. The van der Waals surface area contributed by atoms with E-state index in [1.165, 1.54) is 54.2 Å². The zero-order valence-corrected chi connectivity index (χ0v) is 38.7. The van der Waals surface area contributed by atoms with Crippen molar-refractivity contribution in [1.29, 1.82) is 0 Å². The Morgan fingerprint density at radius 2 is 0.738 bits per heavy atom. The monoisotopic (exact) mass is 852 g/mol. The first-order chi connectivity index (χ1) is 31.4. The van der Waals surface area contributed by atoms with Crippen LogP contribution in [-0.2, 0) is 30.3 Å². The highest BCUT2D eigenvalue weighted by Gasteiger charge is 2.28. The van der Waals surface area contributed by atoms with Gasteiger partial charge in [0.1, 0.15) is 11.5 Å². The molecule has 0 fully saturated rings. The minimum Gasteiger partial charge on any atom is -0.496 e. The third kappa shape index (κ3) is 8.01. The normalized spacial score (nSPS) is 14.3. The molecule has 0 bridgehead atoms. The second kappa shape index (κ2) is 16.6. The molecule has 65 heavy (non-hydrogen) atoms.